The summed E-state index contributed by atoms with van der Waals surface area (Å²) in [6.45, 7) is 2.64. The summed E-state index contributed by atoms with van der Waals surface area (Å²) in [7, 11) is 0. The summed E-state index contributed by atoms with van der Waals surface area (Å²) in [5, 5.41) is 8.98. The number of hydrogen-bond acceptors (Lipinski definition) is 4. The van der Waals surface area contributed by atoms with E-state index in [0.717, 1.165) is 22.0 Å². The maximum Gasteiger partial charge on any atom is 0.345 e. The number of alkyl halides is 2. The zero-order chi connectivity index (χ0) is 17.1. The predicted molar refractivity (Wildman–Crippen MR) is 87.2 cm³/mol. The number of aryl methyl sites for hydroxylation is 1. The Balaban J connectivity index is 1.47. The third kappa shape index (κ3) is 2.47. The second-order valence-corrected chi connectivity index (χ2v) is 7.62. The summed E-state index contributed by atoms with van der Waals surface area (Å²) in [5.41, 5.74) is 1.87. The average Bonchev–Trinajstić information content (AvgIpc) is 3.00. The fourth-order valence-electron chi connectivity index (χ4n) is 3.41. The number of carboxylic acid groups (broad SMARTS) is 1. The number of pyridine rings is 1. The summed E-state index contributed by atoms with van der Waals surface area (Å²) < 4.78 is 26.6. The summed E-state index contributed by atoms with van der Waals surface area (Å²) in [5.74, 6) is -3.68. The lowest BCUT2D eigenvalue weighted by Gasteiger charge is -2.21. The van der Waals surface area contributed by atoms with Gasteiger partial charge in [-0.2, -0.15) is 0 Å². The van der Waals surface area contributed by atoms with Gasteiger partial charge < -0.3 is 10.0 Å². The van der Waals surface area contributed by atoms with Crippen LogP contribution in [0, 0.1) is 18.8 Å². The number of rotatable bonds is 4. The number of anilines is 1. The Morgan fingerprint density at radius 3 is 2.62 bits per heavy atom. The Morgan fingerprint density at radius 2 is 2.04 bits per heavy atom. The minimum absolute atomic E-state index is 0.324. The van der Waals surface area contributed by atoms with E-state index in [1.54, 1.807) is 6.07 Å². The Kier molecular flexibility index (Phi) is 3.38. The summed E-state index contributed by atoms with van der Waals surface area (Å²) >= 11 is 1.26. The van der Waals surface area contributed by atoms with Gasteiger partial charge in [0.25, 0.3) is 5.92 Å². The quantitative estimate of drug-likeness (QED) is 0.918. The van der Waals surface area contributed by atoms with Crippen LogP contribution < -0.4 is 4.90 Å². The highest BCUT2D eigenvalue weighted by Gasteiger charge is 2.71. The Bertz CT molecular complexity index is 807. The van der Waals surface area contributed by atoms with Crippen LogP contribution in [-0.2, 0) is 6.42 Å². The third-order valence-electron chi connectivity index (χ3n) is 4.94. The fraction of sp³-hybridized carbons (Fsp3) is 0.412. The molecular formula is C17H16F2N2O2S. The van der Waals surface area contributed by atoms with Crippen molar-refractivity contribution < 1.29 is 18.7 Å². The normalized spacial score (nSPS) is 24.0. The van der Waals surface area contributed by atoms with Crippen LogP contribution in [0.25, 0.3) is 0 Å². The van der Waals surface area contributed by atoms with Crippen molar-refractivity contribution in [3.63, 3.8) is 0 Å². The topological polar surface area (TPSA) is 53.4 Å². The van der Waals surface area contributed by atoms with E-state index >= 15 is 0 Å². The molecule has 2 unspecified atom stereocenters. The van der Waals surface area contributed by atoms with E-state index in [0.29, 0.717) is 24.4 Å². The van der Waals surface area contributed by atoms with Gasteiger partial charge in [0, 0.05) is 30.1 Å². The number of fused-ring (bicyclic) bond motifs is 1. The van der Waals surface area contributed by atoms with E-state index in [1.165, 1.54) is 11.3 Å². The molecule has 7 heteroatoms. The van der Waals surface area contributed by atoms with Crippen LogP contribution in [0.5, 0.6) is 0 Å². The maximum atomic E-state index is 13.3. The molecule has 1 saturated carbocycles. The molecule has 2 atom stereocenters. The van der Waals surface area contributed by atoms with Crippen molar-refractivity contribution in [1.82, 2.24) is 4.98 Å². The van der Waals surface area contributed by atoms with E-state index < -0.39 is 23.7 Å². The molecule has 2 aromatic heterocycles. The van der Waals surface area contributed by atoms with Crippen molar-refractivity contribution in [2.24, 2.45) is 11.8 Å². The van der Waals surface area contributed by atoms with Crippen LogP contribution in [0.15, 0.2) is 24.3 Å². The molecule has 0 bridgehead atoms. The highest BCUT2D eigenvalue weighted by atomic mass is 32.1. The van der Waals surface area contributed by atoms with E-state index in [4.69, 9.17) is 5.11 Å². The summed E-state index contributed by atoms with van der Waals surface area (Å²) in [6, 6.07) is 7.25. The number of carboxylic acids is 1. The molecule has 0 amide bonds. The Labute approximate surface area is 141 Å². The molecular weight excluding hydrogens is 334 g/mol. The first-order valence-electron chi connectivity index (χ1n) is 7.77. The molecule has 24 heavy (non-hydrogen) atoms. The summed E-state index contributed by atoms with van der Waals surface area (Å²) in [4.78, 5) is 18.7. The minimum atomic E-state index is -2.48. The molecule has 0 spiro atoms. The van der Waals surface area contributed by atoms with Gasteiger partial charge in [-0.15, -0.1) is 11.3 Å². The molecule has 1 aliphatic carbocycles. The SMILES string of the molecule is Cc1nc(N2CC3C(C2)C3(F)F)ccc1Cc1ccc(C(=O)O)s1. The Morgan fingerprint density at radius 1 is 1.33 bits per heavy atom. The van der Waals surface area contributed by atoms with Gasteiger partial charge >= 0.3 is 5.97 Å². The number of aromatic carboxylic acids is 1. The highest BCUT2D eigenvalue weighted by molar-refractivity contribution is 7.13. The van der Waals surface area contributed by atoms with E-state index in [2.05, 4.69) is 4.98 Å². The van der Waals surface area contributed by atoms with Crippen LogP contribution in [0.4, 0.5) is 14.6 Å². The monoisotopic (exact) mass is 350 g/mol. The molecule has 0 radical (unpaired) electrons. The van der Waals surface area contributed by atoms with Gasteiger partial charge in [0.1, 0.15) is 10.7 Å². The number of halogens is 2. The van der Waals surface area contributed by atoms with Crippen molar-refractivity contribution in [3.8, 4) is 0 Å². The first-order chi connectivity index (χ1) is 11.4. The number of carbonyl (C=O) groups is 1. The van der Waals surface area contributed by atoms with Gasteiger partial charge in [-0.05, 0) is 30.7 Å². The van der Waals surface area contributed by atoms with Crippen molar-refractivity contribution in [1.29, 1.82) is 0 Å². The molecule has 4 nitrogen and oxygen atoms in total. The van der Waals surface area contributed by atoms with Gasteiger partial charge in [-0.1, -0.05) is 6.07 Å². The zero-order valence-electron chi connectivity index (χ0n) is 13.0. The van der Waals surface area contributed by atoms with Gasteiger partial charge in [0.15, 0.2) is 0 Å². The lowest BCUT2D eigenvalue weighted by atomic mass is 10.1. The second kappa shape index (κ2) is 5.24. The van der Waals surface area contributed by atoms with Gasteiger partial charge in [-0.3, -0.25) is 0 Å². The number of piperidine rings is 1. The van der Waals surface area contributed by atoms with Crippen molar-refractivity contribution >= 4 is 23.1 Å². The lowest BCUT2D eigenvalue weighted by molar-refractivity contribution is 0.0701. The van der Waals surface area contributed by atoms with E-state index in [-0.39, 0.29) is 0 Å². The van der Waals surface area contributed by atoms with E-state index in [1.807, 2.05) is 30.0 Å². The van der Waals surface area contributed by atoms with Gasteiger partial charge in [-0.25, -0.2) is 18.6 Å². The molecule has 0 aromatic carbocycles. The summed E-state index contributed by atoms with van der Waals surface area (Å²) in [6.07, 6.45) is 0.625. The van der Waals surface area contributed by atoms with Gasteiger partial charge in [0.05, 0.1) is 11.8 Å². The van der Waals surface area contributed by atoms with Crippen LogP contribution in [0.2, 0.25) is 0 Å². The predicted octanol–water partition coefficient (Wildman–Crippen LogP) is 3.44. The second-order valence-electron chi connectivity index (χ2n) is 6.45. The molecule has 1 aliphatic heterocycles. The molecule has 1 saturated heterocycles. The molecule has 2 aliphatic rings. The van der Waals surface area contributed by atoms with Crippen molar-refractivity contribution in [2.75, 3.05) is 18.0 Å². The van der Waals surface area contributed by atoms with Crippen LogP contribution in [0.3, 0.4) is 0 Å². The molecule has 2 fully saturated rings. The lowest BCUT2D eigenvalue weighted by Crippen LogP contribution is -2.28. The molecule has 1 N–H and O–H groups in total. The van der Waals surface area contributed by atoms with Crippen molar-refractivity contribution in [3.05, 3.63) is 45.3 Å². The van der Waals surface area contributed by atoms with Crippen LogP contribution in [-0.4, -0.2) is 35.1 Å². The smallest absolute Gasteiger partial charge is 0.345 e. The Hall–Kier alpha value is -2.02. The number of hydrogen-bond donors (Lipinski definition) is 1. The standard InChI is InChI=1S/C17H16F2N2O2S/c1-9-10(6-11-3-4-14(24-11)16(22)23)2-5-15(20-9)21-7-12-13(8-21)17(12,18)19/h2-5,12-13H,6-8H2,1H3,(H,22,23). The minimum Gasteiger partial charge on any atom is -0.477 e. The zero-order valence-corrected chi connectivity index (χ0v) is 13.8. The highest BCUT2D eigenvalue weighted by Crippen LogP contribution is 2.59. The first kappa shape index (κ1) is 15.5. The number of thiophene rings is 1. The fourth-order valence-corrected chi connectivity index (χ4v) is 4.28. The number of nitrogens with zero attached hydrogens (tertiary/aromatic N) is 2. The molecule has 4 rings (SSSR count). The maximum absolute atomic E-state index is 13.3. The molecule has 2 aromatic rings. The molecule has 126 valence electrons. The van der Waals surface area contributed by atoms with Crippen molar-refractivity contribution in [2.45, 2.75) is 19.3 Å². The van der Waals surface area contributed by atoms with Crippen LogP contribution >= 0.6 is 11.3 Å². The largest absolute Gasteiger partial charge is 0.477 e. The van der Waals surface area contributed by atoms with E-state index in [9.17, 15) is 13.6 Å². The van der Waals surface area contributed by atoms with Crippen LogP contribution in [0.1, 0.15) is 25.8 Å². The average molecular weight is 350 g/mol. The van der Waals surface area contributed by atoms with Gasteiger partial charge in [0.2, 0.25) is 0 Å². The third-order valence-corrected chi connectivity index (χ3v) is 6.01. The number of aromatic nitrogens is 1. The first-order valence-corrected chi connectivity index (χ1v) is 8.59. The molecule has 3 heterocycles.